The van der Waals surface area contributed by atoms with E-state index in [9.17, 15) is 9.59 Å². The molecule has 0 bridgehead atoms. The number of ketones is 1. The van der Waals surface area contributed by atoms with E-state index in [0.29, 0.717) is 18.3 Å². The number of hydrogen-bond donors (Lipinski definition) is 1. The molecule has 0 aliphatic rings. The lowest BCUT2D eigenvalue weighted by atomic mass is 10.1. The van der Waals surface area contributed by atoms with Gasteiger partial charge in [-0.05, 0) is 30.2 Å². The lowest BCUT2D eigenvalue weighted by Crippen LogP contribution is -2.12. The Bertz CT molecular complexity index is 394. The maximum Gasteiger partial charge on any atom is 0.377 e. The first-order chi connectivity index (χ1) is 8.04. The van der Waals surface area contributed by atoms with Crippen LogP contribution < -0.4 is 4.74 Å². The summed E-state index contributed by atoms with van der Waals surface area (Å²) in [6.07, 6.45) is 1.04. The van der Waals surface area contributed by atoms with Crippen molar-refractivity contribution in [2.45, 2.75) is 20.3 Å². The van der Waals surface area contributed by atoms with Gasteiger partial charge < -0.3 is 9.84 Å². The third-order valence-corrected chi connectivity index (χ3v) is 2.54. The van der Waals surface area contributed by atoms with Crippen molar-refractivity contribution in [2.75, 3.05) is 6.61 Å². The molecule has 0 saturated carbocycles. The van der Waals surface area contributed by atoms with Gasteiger partial charge in [0.1, 0.15) is 5.75 Å². The van der Waals surface area contributed by atoms with Crippen LogP contribution in [-0.4, -0.2) is 23.5 Å². The Hall–Kier alpha value is -1.84. The monoisotopic (exact) mass is 236 g/mol. The van der Waals surface area contributed by atoms with Crippen molar-refractivity contribution in [2.24, 2.45) is 5.92 Å². The summed E-state index contributed by atoms with van der Waals surface area (Å²) in [5.41, 5.74) is 0.161. The standard InChI is InChI=1S/C13H16O4/c1-3-9(2)8-17-11-6-4-10(5-7-11)12(14)13(15)16/h4-7,9H,3,8H2,1-2H3,(H,15,16). The van der Waals surface area contributed by atoms with E-state index in [1.165, 1.54) is 12.1 Å². The number of hydrogen-bond acceptors (Lipinski definition) is 3. The van der Waals surface area contributed by atoms with Gasteiger partial charge in [0, 0.05) is 5.56 Å². The Balaban J connectivity index is 2.62. The average molecular weight is 236 g/mol. The van der Waals surface area contributed by atoms with Gasteiger partial charge in [-0.2, -0.15) is 0 Å². The molecular formula is C13H16O4. The number of carboxylic acids is 1. The zero-order valence-electron chi connectivity index (χ0n) is 9.97. The number of ether oxygens (including phenoxy) is 1. The van der Waals surface area contributed by atoms with Gasteiger partial charge in [-0.1, -0.05) is 20.3 Å². The number of Topliss-reactive ketones (excluding diaryl/α,β-unsaturated/α-hetero) is 1. The average Bonchev–Trinajstić information content (AvgIpc) is 2.35. The molecule has 92 valence electrons. The van der Waals surface area contributed by atoms with Crippen molar-refractivity contribution < 1.29 is 19.4 Å². The topological polar surface area (TPSA) is 63.6 Å². The molecule has 17 heavy (non-hydrogen) atoms. The Morgan fingerprint density at radius 1 is 1.29 bits per heavy atom. The number of aliphatic carboxylic acids is 1. The van der Waals surface area contributed by atoms with Crippen LogP contribution in [0.15, 0.2) is 24.3 Å². The molecule has 0 heterocycles. The van der Waals surface area contributed by atoms with Crippen LogP contribution in [0.25, 0.3) is 0 Å². The molecule has 1 aromatic carbocycles. The van der Waals surface area contributed by atoms with Crippen LogP contribution in [-0.2, 0) is 4.79 Å². The quantitative estimate of drug-likeness (QED) is 0.608. The molecule has 4 nitrogen and oxygen atoms in total. The van der Waals surface area contributed by atoms with Gasteiger partial charge in [0.05, 0.1) is 6.61 Å². The van der Waals surface area contributed by atoms with E-state index < -0.39 is 11.8 Å². The fourth-order valence-corrected chi connectivity index (χ4v) is 1.18. The highest BCUT2D eigenvalue weighted by Gasteiger charge is 2.13. The number of carbonyl (C=O) groups is 2. The van der Waals surface area contributed by atoms with Gasteiger partial charge in [-0.15, -0.1) is 0 Å². The maximum absolute atomic E-state index is 11.1. The van der Waals surface area contributed by atoms with Crippen molar-refractivity contribution in [1.82, 2.24) is 0 Å². The molecule has 0 aliphatic heterocycles. The van der Waals surface area contributed by atoms with E-state index in [4.69, 9.17) is 9.84 Å². The van der Waals surface area contributed by atoms with Crippen LogP contribution in [0, 0.1) is 5.92 Å². The summed E-state index contributed by atoms with van der Waals surface area (Å²) >= 11 is 0. The zero-order valence-corrected chi connectivity index (χ0v) is 9.97. The summed E-state index contributed by atoms with van der Waals surface area (Å²) in [7, 11) is 0. The van der Waals surface area contributed by atoms with Crippen molar-refractivity contribution in [3.05, 3.63) is 29.8 Å². The van der Waals surface area contributed by atoms with Gasteiger partial charge in [0.15, 0.2) is 0 Å². The Morgan fingerprint density at radius 2 is 1.88 bits per heavy atom. The largest absolute Gasteiger partial charge is 0.493 e. The summed E-state index contributed by atoms with van der Waals surface area (Å²) in [5, 5.41) is 8.53. The Labute approximate surface area is 100 Å². The van der Waals surface area contributed by atoms with E-state index in [-0.39, 0.29) is 5.56 Å². The first-order valence-electron chi connectivity index (χ1n) is 5.55. The van der Waals surface area contributed by atoms with Gasteiger partial charge in [-0.25, -0.2) is 4.79 Å². The van der Waals surface area contributed by atoms with E-state index in [1.54, 1.807) is 12.1 Å². The fraction of sp³-hybridized carbons (Fsp3) is 0.385. The first kappa shape index (κ1) is 13.2. The highest BCUT2D eigenvalue weighted by atomic mass is 16.5. The number of carboxylic acid groups (broad SMARTS) is 1. The molecule has 0 aromatic heterocycles. The zero-order chi connectivity index (χ0) is 12.8. The smallest absolute Gasteiger partial charge is 0.377 e. The third kappa shape index (κ3) is 3.90. The maximum atomic E-state index is 11.1. The summed E-state index contributed by atoms with van der Waals surface area (Å²) in [4.78, 5) is 21.6. The van der Waals surface area contributed by atoms with E-state index >= 15 is 0 Å². The molecule has 1 aromatic rings. The second kappa shape index (κ2) is 6.03. The lowest BCUT2D eigenvalue weighted by molar-refractivity contribution is -0.131. The minimum atomic E-state index is -1.45. The molecule has 0 spiro atoms. The van der Waals surface area contributed by atoms with Crippen molar-refractivity contribution in [1.29, 1.82) is 0 Å². The first-order valence-corrected chi connectivity index (χ1v) is 5.55. The molecule has 0 fully saturated rings. The summed E-state index contributed by atoms with van der Waals surface area (Å²) < 4.78 is 5.50. The van der Waals surface area contributed by atoms with Gasteiger partial charge >= 0.3 is 5.97 Å². The second-order valence-corrected chi connectivity index (χ2v) is 3.98. The summed E-state index contributed by atoms with van der Waals surface area (Å²) in [6, 6.07) is 6.14. The number of carbonyl (C=O) groups excluding carboxylic acids is 1. The van der Waals surface area contributed by atoms with Crippen LogP contribution in [0.1, 0.15) is 30.6 Å². The van der Waals surface area contributed by atoms with Gasteiger partial charge in [-0.3, -0.25) is 4.79 Å². The fourth-order valence-electron chi connectivity index (χ4n) is 1.18. The highest BCUT2D eigenvalue weighted by Crippen LogP contribution is 2.14. The van der Waals surface area contributed by atoms with Crippen molar-refractivity contribution in [3.63, 3.8) is 0 Å². The van der Waals surface area contributed by atoms with Crippen LogP contribution >= 0.6 is 0 Å². The molecule has 4 heteroatoms. The molecule has 1 unspecified atom stereocenters. The van der Waals surface area contributed by atoms with Crippen molar-refractivity contribution in [3.8, 4) is 5.75 Å². The Kier molecular flexibility index (Phi) is 4.69. The molecule has 1 rings (SSSR count). The normalized spacial score (nSPS) is 11.9. The van der Waals surface area contributed by atoms with Crippen LogP contribution in [0.2, 0.25) is 0 Å². The van der Waals surface area contributed by atoms with Crippen LogP contribution in [0.3, 0.4) is 0 Å². The highest BCUT2D eigenvalue weighted by molar-refractivity contribution is 6.39. The summed E-state index contributed by atoms with van der Waals surface area (Å²) in [6.45, 7) is 4.79. The predicted octanol–water partition coefficient (Wildman–Crippen LogP) is 2.38. The predicted molar refractivity (Wildman–Crippen MR) is 63.4 cm³/mol. The van der Waals surface area contributed by atoms with Crippen molar-refractivity contribution >= 4 is 11.8 Å². The molecule has 1 N–H and O–H groups in total. The van der Waals surface area contributed by atoms with E-state index in [1.807, 2.05) is 0 Å². The third-order valence-electron chi connectivity index (χ3n) is 2.54. The molecule has 0 radical (unpaired) electrons. The van der Waals surface area contributed by atoms with E-state index in [2.05, 4.69) is 13.8 Å². The minimum Gasteiger partial charge on any atom is -0.493 e. The lowest BCUT2D eigenvalue weighted by Gasteiger charge is -2.10. The van der Waals surface area contributed by atoms with E-state index in [0.717, 1.165) is 6.42 Å². The molecule has 1 atom stereocenters. The van der Waals surface area contributed by atoms with Crippen LogP contribution in [0.5, 0.6) is 5.75 Å². The van der Waals surface area contributed by atoms with Gasteiger partial charge in [0.25, 0.3) is 5.78 Å². The summed E-state index contributed by atoms with van der Waals surface area (Å²) in [5.74, 6) is -1.24. The molecule has 0 amide bonds. The second-order valence-electron chi connectivity index (χ2n) is 3.98. The molecule has 0 aliphatic carbocycles. The number of benzene rings is 1. The Morgan fingerprint density at radius 3 is 2.35 bits per heavy atom. The van der Waals surface area contributed by atoms with Crippen LogP contribution in [0.4, 0.5) is 0 Å². The molecule has 0 saturated heterocycles. The number of rotatable bonds is 6. The molecular weight excluding hydrogens is 220 g/mol. The SMILES string of the molecule is CCC(C)COc1ccc(C(=O)C(=O)O)cc1. The van der Waals surface area contributed by atoms with Gasteiger partial charge in [0.2, 0.25) is 0 Å². The minimum absolute atomic E-state index is 0.161.